The van der Waals surface area contributed by atoms with Crippen molar-refractivity contribution >= 4 is 0 Å². The smallest absolute Gasteiger partial charge is 0.00179 e. The van der Waals surface area contributed by atoms with Crippen LogP contribution in [-0.4, -0.2) is 6.54 Å². The van der Waals surface area contributed by atoms with Crippen molar-refractivity contribution in [2.45, 2.75) is 38.5 Å². The van der Waals surface area contributed by atoms with Gasteiger partial charge < -0.3 is 5.73 Å². The summed E-state index contributed by atoms with van der Waals surface area (Å²) in [5.74, 6) is 1.03. The Balaban J connectivity index is 2.04. The molecule has 58 valence electrons. The average Bonchev–Trinajstić information content (AvgIpc) is 2.71. The van der Waals surface area contributed by atoms with Gasteiger partial charge in [0, 0.05) is 0 Å². The number of rotatable bonds is 2. The molecule has 0 radical (unpaired) electrons. The molecule has 0 heterocycles. The molecule has 10 heavy (non-hydrogen) atoms. The van der Waals surface area contributed by atoms with E-state index in [2.05, 4.69) is 0 Å². The van der Waals surface area contributed by atoms with Gasteiger partial charge in [-0.05, 0) is 43.6 Å². The lowest BCUT2D eigenvalue weighted by Crippen LogP contribution is -2.29. The molecule has 2 N–H and O–H groups in total. The third kappa shape index (κ3) is 0.878. The van der Waals surface area contributed by atoms with Crippen molar-refractivity contribution in [1.82, 2.24) is 0 Å². The van der Waals surface area contributed by atoms with E-state index in [1.165, 1.54) is 38.5 Å². The van der Waals surface area contributed by atoms with E-state index in [1.807, 2.05) is 0 Å². The second kappa shape index (κ2) is 2.23. The maximum Gasteiger partial charge on any atom is -0.00179 e. The highest BCUT2D eigenvalue weighted by Crippen LogP contribution is 2.53. The van der Waals surface area contributed by atoms with E-state index in [1.54, 1.807) is 0 Å². The molecule has 1 heteroatoms. The van der Waals surface area contributed by atoms with Gasteiger partial charge in [-0.25, -0.2) is 0 Å². The van der Waals surface area contributed by atoms with E-state index in [0.29, 0.717) is 5.41 Å². The third-order valence-corrected chi connectivity index (χ3v) is 3.45. The molecule has 0 amide bonds. The predicted octanol–water partition coefficient (Wildman–Crippen LogP) is 1.92. The average molecular weight is 139 g/mol. The summed E-state index contributed by atoms with van der Waals surface area (Å²) in [6.07, 6.45) is 8.66. The lowest BCUT2D eigenvalue weighted by atomic mass is 9.81. The van der Waals surface area contributed by atoms with Crippen molar-refractivity contribution < 1.29 is 0 Å². The van der Waals surface area contributed by atoms with Gasteiger partial charge in [-0.15, -0.1) is 0 Å². The Bertz CT molecular complexity index is 121. The largest absolute Gasteiger partial charge is 0.330 e. The van der Waals surface area contributed by atoms with E-state index in [0.717, 1.165) is 12.5 Å². The van der Waals surface area contributed by atoms with E-state index in [-0.39, 0.29) is 0 Å². The van der Waals surface area contributed by atoms with Crippen LogP contribution in [0.3, 0.4) is 0 Å². The minimum Gasteiger partial charge on any atom is -0.330 e. The zero-order chi connectivity index (χ0) is 7.03. The number of hydrogen-bond donors (Lipinski definition) is 1. The summed E-state index contributed by atoms with van der Waals surface area (Å²) in [5, 5.41) is 0. The van der Waals surface area contributed by atoms with E-state index < -0.39 is 0 Å². The molecular formula is C9H17N. The first-order valence-electron chi connectivity index (χ1n) is 4.57. The number of hydrogen-bond acceptors (Lipinski definition) is 1. The van der Waals surface area contributed by atoms with Crippen molar-refractivity contribution in [1.29, 1.82) is 0 Å². The van der Waals surface area contributed by atoms with Gasteiger partial charge in [-0.2, -0.15) is 0 Å². The zero-order valence-corrected chi connectivity index (χ0v) is 6.60. The molecule has 2 saturated carbocycles. The van der Waals surface area contributed by atoms with E-state index >= 15 is 0 Å². The van der Waals surface area contributed by atoms with Gasteiger partial charge in [0.1, 0.15) is 0 Å². The van der Waals surface area contributed by atoms with Gasteiger partial charge in [-0.3, -0.25) is 0 Å². The summed E-state index contributed by atoms with van der Waals surface area (Å²) in [4.78, 5) is 0. The highest BCUT2D eigenvalue weighted by Gasteiger charge is 2.45. The maximum absolute atomic E-state index is 5.81. The van der Waals surface area contributed by atoms with E-state index in [4.69, 9.17) is 5.73 Å². The molecule has 2 fully saturated rings. The molecule has 0 saturated heterocycles. The standard InChI is InChI=1S/C9H17N/c10-7-9(8-3-4-8)5-1-2-6-9/h8H,1-7,10H2. The summed E-state index contributed by atoms with van der Waals surface area (Å²) in [6, 6.07) is 0. The lowest BCUT2D eigenvalue weighted by Gasteiger charge is -2.26. The lowest BCUT2D eigenvalue weighted by molar-refractivity contribution is 0.259. The topological polar surface area (TPSA) is 26.0 Å². The normalized spacial score (nSPS) is 30.9. The quantitative estimate of drug-likeness (QED) is 0.621. The Morgan fingerprint density at radius 2 is 1.80 bits per heavy atom. The van der Waals surface area contributed by atoms with Crippen LogP contribution in [-0.2, 0) is 0 Å². The fourth-order valence-corrected chi connectivity index (χ4v) is 2.55. The van der Waals surface area contributed by atoms with Crippen LogP contribution in [0.1, 0.15) is 38.5 Å². The monoisotopic (exact) mass is 139 g/mol. The molecule has 0 unspecified atom stereocenters. The second-order valence-electron chi connectivity index (χ2n) is 4.05. The molecule has 0 aromatic heterocycles. The van der Waals surface area contributed by atoms with Gasteiger partial charge in [0.25, 0.3) is 0 Å². The molecule has 0 aliphatic heterocycles. The summed E-state index contributed by atoms with van der Waals surface area (Å²) in [6.45, 7) is 0.956. The van der Waals surface area contributed by atoms with Crippen LogP contribution in [0.4, 0.5) is 0 Å². The Morgan fingerprint density at radius 3 is 2.20 bits per heavy atom. The Labute approximate surface area is 63.0 Å². The van der Waals surface area contributed by atoms with Crippen LogP contribution in [0, 0.1) is 11.3 Å². The Kier molecular flexibility index (Phi) is 1.48. The summed E-state index contributed by atoms with van der Waals surface area (Å²) >= 11 is 0. The molecule has 2 aliphatic rings. The fraction of sp³-hybridized carbons (Fsp3) is 1.00. The first-order chi connectivity index (χ1) is 4.87. The van der Waals surface area contributed by atoms with Gasteiger partial charge in [0.05, 0.1) is 0 Å². The van der Waals surface area contributed by atoms with Crippen molar-refractivity contribution in [2.75, 3.05) is 6.54 Å². The van der Waals surface area contributed by atoms with Crippen molar-refractivity contribution in [3.63, 3.8) is 0 Å². The van der Waals surface area contributed by atoms with Crippen LogP contribution in [0.25, 0.3) is 0 Å². The first-order valence-corrected chi connectivity index (χ1v) is 4.57. The van der Waals surface area contributed by atoms with Gasteiger partial charge >= 0.3 is 0 Å². The van der Waals surface area contributed by atoms with Crippen molar-refractivity contribution in [3.05, 3.63) is 0 Å². The Hall–Kier alpha value is -0.0400. The molecule has 2 rings (SSSR count). The van der Waals surface area contributed by atoms with Gasteiger partial charge in [-0.1, -0.05) is 12.8 Å². The van der Waals surface area contributed by atoms with Crippen LogP contribution in [0.2, 0.25) is 0 Å². The third-order valence-electron chi connectivity index (χ3n) is 3.45. The fourth-order valence-electron chi connectivity index (χ4n) is 2.55. The van der Waals surface area contributed by atoms with Gasteiger partial charge in [0.15, 0.2) is 0 Å². The van der Waals surface area contributed by atoms with Crippen LogP contribution < -0.4 is 5.73 Å². The molecule has 0 aromatic carbocycles. The second-order valence-corrected chi connectivity index (χ2v) is 4.05. The molecule has 0 bridgehead atoms. The van der Waals surface area contributed by atoms with Gasteiger partial charge in [0.2, 0.25) is 0 Å². The molecular weight excluding hydrogens is 122 g/mol. The number of nitrogens with two attached hydrogens (primary N) is 1. The zero-order valence-electron chi connectivity index (χ0n) is 6.60. The summed E-state index contributed by atoms with van der Waals surface area (Å²) < 4.78 is 0. The predicted molar refractivity (Wildman–Crippen MR) is 42.7 cm³/mol. The maximum atomic E-state index is 5.81. The van der Waals surface area contributed by atoms with Crippen molar-refractivity contribution in [3.8, 4) is 0 Å². The van der Waals surface area contributed by atoms with Crippen LogP contribution in [0.5, 0.6) is 0 Å². The summed E-state index contributed by atoms with van der Waals surface area (Å²) in [5.41, 5.74) is 6.43. The van der Waals surface area contributed by atoms with Crippen LogP contribution in [0.15, 0.2) is 0 Å². The molecule has 0 spiro atoms. The molecule has 2 aliphatic carbocycles. The Morgan fingerprint density at radius 1 is 1.20 bits per heavy atom. The minimum absolute atomic E-state index is 0.625. The van der Waals surface area contributed by atoms with E-state index in [9.17, 15) is 0 Å². The molecule has 0 atom stereocenters. The first kappa shape index (κ1) is 6.66. The van der Waals surface area contributed by atoms with Crippen LogP contribution >= 0.6 is 0 Å². The SMILES string of the molecule is NCC1(C2CC2)CCCC1. The van der Waals surface area contributed by atoms with Crippen molar-refractivity contribution in [2.24, 2.45) is 17.1 Å². The molecule has 0 aromatic rings. The minimum atomic E-state index is 0.625. The summed E-state index contributed by atoms with van der Waals surface area (Å²) in [7, 11) is 0. The molecule has 1 nitrogen and oxygen atoms in total. The highest BCUT2D eigenvalue weighted by molar-refractivity contribution is 4.97. The highest BCUT2D eigenvalue weighted by atomic mass is 14.7.